The third-order valence-corrected chi connectivity index (χ3v) is 2.22. The fourth-order valence-corrected chi connectivity index (χ4v) is 1.35. The third kappa shape index (κ3) is 3.07. The molecule has 0 bridgehead atoms. The number of nitro groups is 1. The third-order valence-electron chi connectivity index (χ3n) is 2.22. The standard InChI is InChI=1S/C11H10N4O5/c1-2-19-11(16)20-10-6-14(7-13-10)9-4-3-8(5-12-9)15(17)18/h3-7H,2H2,1H3. The molecule has 0 N–H and O–H groups in total. The number of hydrogen-bond acceptors (Lipinski definition) is 7. The summed E-state index contributed by atoms with van der Waals surface area (Å²) in [5, 5.41) is 10.5. The van der Waals surface area contributed by atoms with Crippen LogP contribution in [-0.4, -0.2) is 32.2 Å². The highest BCUT2D eigenvalue weighted by atomic mass is 16.7. The van der Waals surface area contributed by atoms with Gasteiger partial charge in [0.15, 0.2) is 0 Å². The molecule has 0 aliphatic rings. The molecular weight excluding hydrogens is 268 g/mol. The molecule has 0 fully saturated rings. The molecule has 0 aliphatic heterocycles. The van der Waals surface area contributed by atoms with Crippen molar-refractivity contribution in [2.24, 2.45) is 0 Å². The van der Waals surface area contributed by atoms with Gasteiger partial charge in [0, 0.05) is 6.07 Å². The van der Waals surface area contributed by atoms with Crippen molar-refractivity contribution in [1.82, 2.24) is 14.5 Å². The van der Waals surface area contributed by atoms with Crippen LogP contribution >= 0.6 is 0 Å². The number of rotatable bonds is 4. The zero-order valence-electron chi connectivity index (χ0n) is 10.4. The van der Waals surface area contributed by atoms with Crippen molar-refractivity contribution in [3.63, 3.8) is 0 Å². The van der Waals surface area contributed by atoms with E-state index in [1.165, 1.54) is 29.2 Å². The number of nitrogens with zero attached hydrogens (tertiary/aromatic N) is 4. The topological polar surface area (TPSA) is 109 Å². The number of carbonyl (C=O) groups excluding carboxylic acids is 1. The maximum Gasteiger partial charge on any atom is 0.515 e. The van der Waals surface area contributed by atoms with E-state index in [0.717, 1.165) is 6.20 Å². The number of ether oxygens (including phenoxy) is 2. The first-order chi connectivity index (χ1) is 9.60. The Balaban J connectivity index is 2.12. The predicted octanol–water partition coefficient (Wildman–Crippen LogP) is 1.71. The molecule has 20 heavy (non-hydrogen) atoms. The Bertz CT molecular complexity index is 622. The lowest BCUT2D eigenvalue weighted by Gasteiger charge is -2.00. The molecule has 0 spiro atoms. The van der Waals surface area contributed by atoms with Crippen molar-refractivity contribution >= 4 is 11.8 Å². The van der Waals surface area contributed by atoms with Gasteiger partial charge < -0.3 is 9.47 Å². The van der Waals surface area contributed by atoms with Crippen LogP contribution in [0.15, 0.2) is 30.9 Å². The first-order valence-electron chi connectivity index (χ1n) is 5.59. The van der Waals surface area contributed by atoms with Crippen LogP contribution in [-0.2, 0) is 4.74 Å². The van der Waals surface area contributed by atoms with Crippen LogP contribution in [0.3, 0.4) is 0 Å². The van der Waals surface area contributed by atoms with Gasteiger partial charge in [0.2, 0.25) is 5.88 Å². The fourth-order valence-electron chi connectivity index (χ4n) is 1.35. The van der Waals surface area contributed by atoms with E-state index in [2.05, 4.69) is 14.7 Å². The Kier molecular flexibility index (Phi) is 3.89. The molecule has 0 aliphatic carbocycles. The lowest BCUT2D eigenvalue weighted by atomic mass is 10.4. The predicted molar refractivity (Wildman–Crippen MR) is 65.7 cm³/mol. The molecule has 0 amide bonds. The van der Waals surface area contributed by atoms with E-state index in [4.69, 9.17) is 4.74 Å². The van der Waals surface area contributed by atoms with Gasteiger partial charge in [-0.3, -0.25) is 14.7 Å². The Morgan fingerprint density at radius 2 is 2.25 bits per heavy atom. The summed E-state index contributed by atoms with van der Waals surface area (Å²) in [4.78, 5) is 28.8. The summed E-state index contributed by atoms with van der Waals surface area (Å²) >= 11 is 0. The Labute approximate surface area is 112 Å². The highest BCUT2D eigenvalue weighted by Crippen LogP contribution is 2.14. The van der Waals surface area contributed by atoms with E-state index in [1.807, 2.05) is 0 Å². The van der Waals surface area contributed by atoms with Crippen molar-refractivity contribution in [1.29, 1.82) is 0 Å². The Morgan fingerprint density at radius 3 is 2.85 bits per heavy atom. The largest absolute Gasteiger partial charge is 0.515 e. The first-order valence-corrected chi connectivity index (χ1v) is 5.59. The second-order valence-electron chi connectivity index (χ2n) is 3.54. The molecule has 0 saturated heterocycles. The maximum atomic E-state index is 11.1. The molecular formula is C11H10N4O5. The number of hydrogen-bond donors (Lipinski definition) is 0. The van der Waals surface area contributed by atoms with Crippen molar-refractivity contribution in [3.05, 3.63) is 41.0 Å². The van der Waals surface area contributed by atoms with Crippen LogP contribution in [0, 0.1) is 10.1 Å². The van der Waals surface area contributed by atoms with Gasteiger partial charge in [-0.25, -0.2) is 14.8 Å². The summed E-state index contributed by atoms with van der Waals surface area (Å²) in [6, 6.07) is 2.77. The summed E-state index contributed by atoms with van der Waals surface area (Å²) in [6.07, 6.45) is 3.05. The van der Waals surface area contributed by atoms with E-state index in [9.17, 15) is 14.9 Å². The number of carbonyl (C=O) groups is 1. The molecule has 104 valence electrons. The van der Waals surface area contributed by atoms with E-state index < -0.39 is 11.1 Å². The monoisotopic (exact) mass is 278 g/mol. The lowest BCUT2D eigenvalue weighted by Crippen LogP contribution is -2.10. The quantitative estimate of drug-likeness (QED) is 0.475. The zero-order valence-corrected chi connectivity index (χ0v) is 10.4. The van der Waals surface area contributed by atoms with Crippen LogP contribution in [0.2, 0.25) is 0 Å². The lowest BCUT2D eigenvalue weighted by molar-refractivity contribution is -0.385. The second kappa shape index (κ2) is 5.78. The summed E-state index contributed by atoms with van der Waals surface area (Å²) in [5.41, 5.74) is -0.114. The summed E-state index contributed by atoms with van der Waals surface area (Å²) in [5.74, 6) is 0.449. The molecule has 0 unspecified atom stereocenters. The van der Waals surface area contributed by atoms with E-state index in [0.29, 0.717) is 5.82 Å². The molecule has 2 heterocycles. The van der Waals surface area contributed by atoms with Gasteiger partial charge in [0.05, 0.1) is 17.7 Å². The summed E-state index contributed by atoms with van der Waals surface area (Å²) in [6.45, 7) is 1.85. The fraction of sp³-hybridized carbons (Fsp3) is 0.182. The Hall–Kier alpha value is -2.97. The van der Waals surface area contributed by atoms with Crippen molar-refractivity contribution in [3.8, 4) is 11.7 Å². The van der Waals surface area contributed by atoms with E-state index in [1.54, 1.807) is 6.92 Å². The highest BCUT2D eigenvalue weighted by molar-refractivity contribution is 5.62. The minimum Gasteiger partial charge on any atom is -0.434 e. The van der Waals surface area contributed by atoms with Gasteiger partial charge in [-0.1, -0.05) is 0 Å². The maximum absolute atomic E-state index is 11.1. The van der Waals surface area contributed by atoms with Crippen molar-refractivity contribution in [2.45, 2.75) is 6.92 Å². The van der Waals surface area contributed by atoms with Gasteiger partial charge in [-0.15, -0.1) is 0 Å². The van der Waals surface area contributed by atoms with Crippen LogP contribution in [0.5, 0.6) is 5.88 Å². The minimum absolute atomic E-state index is 0.0450. The summed E-state index contributed by atoms with van der Waals surface area (Å²) < 4.78 is 10.8. The molecule has 2 rings (SSSR count). The van der Waals surface area contributed by atoms with Gasteiger partial charge in [-0.05, 0) is 13.0 Å². The van der Waals surface area contributed by atoms with Crippen LogP contribution in [0.25, 0.3) is 5.82 Å². The zero-order chi connectivity index (χ0) is 14.5. The van der Waals surface area contributed by atoms with Crippen LogP contribution in [0.4, 0.5) is 10.5 Å². The van der Waals surface area contributed by atoms with E-state index in [-0.39, 0.29) is 18.2 Å². The molecule has 2 aromatic heterocycles. The average molecular weight is 278 g/mol. The van der Waals surface area contributed by atoms with Gasteiger partial charge >= 0.3 is 6.16 Å². The molecule has 0 saturated carbocycles. The number of pyridine rings is 1. The minimum atomic E-state index is -0.852. The number of aromatic nitrogens is 3. The normalized spacial score (nSPS) is 10.1. The van der Waals surface area contributed by atoms with Gasteiger partial charge in [-0.2, -0.15) is 0 Å². The molecule has 9 heteroatoms. The average Bonchev–Trinajstić information content (AvgIpc) is 2.87. The molecule has 0 aromatic carbocycles. The van der Waals surface area contributed by atoms with Crippen LogP contribution in [0.1, 0.15) is 6.92 Å². The number of imidazole rings is 1. The van der Waals surface area contributed by atoms with E-state index >= 15 is 0 Å². The molecule has 2 aromatic rings. The highest BCUT2D eigenvalue weighted by Gasteiger charge is 2.10. The molecule has 0 radical (unpaired) electrons. The second-order valence-corrected chi connectivity index (χ2v) is 3.54. The Morgan fingerprint density at radius 1 is 1.45 bits per heavy atom. The smallest absolute Gasteiger partial charge is 0.434 e. The van der Waals surface area contributed by atoms with Crippen molar-refractivity contribution < 1.29 is 19.2 Å². The SMILES string of the molecule is CCOC(=O)Oc1cn(-c2ccc([N+](=O)[O-])cn2)cn1. The molecule has 0 atom stereocenters. The van der Waals surface area contributed by atoms with Gasteiger partial charge in [0.25, 0.3) is 5.69 Å². The van der Waals surface area contributed by atoms with Gasteiger partial charge in [0.1, 0.15) is 18.3 Å². The first kappa shape index (κ1) is 13.5. The van der Waals surface area contributed by atoms with Crippen LogP contribution < -0.4 is 4.74 Å². The van der Waals surface area contributed by atoms with Crippen molar-refractivity contribution in [2.75, 3.05) is 6.61 Å². The molecule has 9 nitrogen and oxygen atoms in total. The summed E-state index contributed by atoms with van der Waals surface area (Å²) in [7, 11) is 0.